The first-order valence-electron chi connectivity index (χ1n) is 7.58. The molecule has 20 heavy (non-hydrogen) atoms. The molecule has 2 aromatic rings. The van der Waals surface area contributed by atoms with Crippen molar-refractivity contribution in [3.8, 4) is 5.69 Å². The van der Waals surface area contributed by atoms with Crippen molar-refractivity contribution >= 4 is 0 Å². The molecule has 3 heteroatoms. The first kappa shape index (κ1) is 13.4. The molecule has 0 amide bonds. The van der Waals surface area contributed by atoms with E-state index in [1.807, 2.05) is 0 Å². The molecule has 0 bridgehead atoms. The zero-order valence-electron chi connectivity index (χ0n) is 12.6. The lowest BCUT2D eigenvalue weighted by molar-refractivity contribution is 0.467. The summed E-state index contributed by atoms with van der Waals surface area (Å²) < 4.78 is 2.15. The summed E-state index contributed by atoms with van der Waals surface area (Å²) in [5.41, 5.74) is 6.57. The Labute approximate surface area is 121 Å². The van der Waals surface area contributed by atoms with Crippen LogP contribution in [0.15, 0.2) is 24.4 Å². The van der Waals surface area contributed by atoms with Crippen LogP contribution < -0.4 is 5.32 Å². The smallest absolute Gasteiger partial charge is 0.0680 e. The highest BCUT2D eigenvalue weighted by Gasteiger charge is 2.24. The van der Waals surface area contributed by atoms with Crippen LogP contribution in [0, 0.1) is 13.8 Å². The Kier molecular flexibility index (Phi) is 3.62. The van der Waals surface area contributed by atoms with Gasteiger partial charge in [-0.05, 0) is 56.8 Å². The zero-order valence-corrected chi connectivity index (χ0v) is 12.6. The lowest BCUT2D eigenvalue weighted by Crippen LogP contribution is -2.25. The molecular weight excluding hydrogens is 246 g/mol. The highest BCUT2D eigenvalue weighted by molar-refractivity contribution is 5.45. The van der Waals surface area contributed by atoms with E-state index < -0.39 is 0 Å². The van der Waals surface area contributed by atoms with E-state index in [0.29, 0.717) is 6.04 Å². The van der Waals surface area contributed by atoms with E-state index in [1.54, 1.807) is 0 Å². The van der Waals surface area contributed by atoms with E-state index in [9.17, 15) is 0 Å². The van der Waals surface area contributed by atoms with Crippen LogP contribution in [0.5, 0.6) is 0 Å². The summed E-state index contributed by atoms with van der Waals surface area (Å²) in [6, 6.07) is 7.06. The predicted molar refractivity (Wildman–Crippen MR) is 82.4 cm³/mol. The molecule has 0 fully saturated rings. The van der Waals surface area contributed by atoms with Gasteiger partial charge in [0.25, 0.3) is 0 Å². The van der Waals surface area contributed by atoms with Crippen LogP contribution in [0.1, 0.15) is 48.2 Å². The van der Waals surface area contributed by atoms with Gasteiger partial charge in [0.1, 0.15) is 0 Å². The van der Waals surface area contributed by atoms with Crippen molar-refractivity contribution in [2.24, 2.45) is 0 Å². The SMILES string of the molecule is CCNC1CCCc2c1cnn2-c1cc(C)ccc1C. The van der Waals surface area contributed by atoms with Crippen molar-refractivity contribution in [1.29, 1.82) is 0 Å². The fourth-order valence-corrected chi connectivity index (χ4v) is 3.17. The Morgan fingerprint density at radius 1 is 1.35 bits per heavy atom. The second-order valence-electron chi connectivity index (χ2n) is 5.75. The first-order valence-corrected chi connectivity index (χ1v) is 7.58. The largest absolute Gasteiger partial charge is 0.310 e. The first-order chi connectivity index (χ1) is 9.70. The van der Waals surface area contributed by atoms with Gasteiger partial charge in [-0.1, -0.05) is 19.1 Å². The highest BCUT2D eigenvalue weighted by Crippen LogP contribution is 2.31. The van der Waals surface area contributed by atoms with Gasteiger partial charge in [-0.15, -0.1) is 0 Å². The summed E-state index contributed by atoms with van der Waals surface area (Å²) >= 11 is 0. The summed E-state index contributed by atoms with van der Waals surface area (Å²) in [6.45, 7) is 7.48. The van der Waals surface area contributed by atoms with Crippen LogP contribution in [0.25, 0.3) is 5.69 Å². The van der Waals surface area contributed by atoms with Gasteiger partial charge in [0, 0.05) is 17.3 Å². The van der Waals surface area contributed by atoms with E-state index >= 15 is 0 Å². The lowest BCUT2D eigenvalue weighted by Gasteiger charge is -2.24. The maximum atomic E-state index is 4.68. The number of nitrogens with zero attached hydrogens (tertiary/aromatic N) is 2. The Morgan fingerprint density at radius 3 is 3.00 bits per heavy atom. The highest BCUT2D eigenvalue weighted by atomic mass is 15.3. The van der Waals surface area contributed by atoms with E-state index in [1.165, 1.54) is 40.9 Å². The minimum absolute atomic E-state index is 0.475. The summed E-state index contributed by atoms with van der Waals surface area (Å²) in [7, 11) is 0. The Bertz CT molecular complexity index is 613. The van der Waals surface area contributed by atoms with Crippen molar-refractivity contribution < 1.29 is 0 Å². The monoisotopic (exact) mass is 269 g/mol. The van der Waals surface area contributed by atoms with E-state index in [2.05, 4.69) is 60.3 Å². The number of fused-ring (bicyclic) bond motifs is 1. The average molecular weight is 269 g/mol. The molecule has 0 saturated carbocycles. The van der Waals surface area contributed by atoms with Gasteiger partial charge in [-0.3, -0.25) is 0 Å². The summed E-state index contributed by atoms with van der Waals surface area (Å²) in [6.07, 6.45) is 5.65. The molecule has 1 aromatic heterocycles. The quantitative estimate of drug-likeness (QED) is 0.924. The van der Waals surface area contributed by atoms with Crippen molar-refractivity contribution in [2.45, 2.75) is 46.1 Å². The molecule has 1 aromatic carbocycles. The van der Waals surface area contributed by atoms with Crippen LogP contribution in [0.3, 0.4) is 0 Å². The topological polar surface area (TPSA) is 29.9 Å². The van der Waals surface area contributed by atoms with Crippen LogP contribution in [0.4, 0.5) is 0 Å². The average Bonchev–Trinajstić information content (AvgIpc) is 2.87. The van der Waals surface area contributed by atoms with Gasteiger partial charge in [-0.2, -0.15) is 5.10 Å². The molecule has 1 heterocycles. The van der Waals surface area contributed by atoms with E-state index in [4.69, 9.17) is 0 Å². The third-order valence-corrected chi connectivity index (χ3v) is 4.23. The number of hydrogen-bond donors (Lipinski definition) is 1. The maximum absolute atomic E-state index is 4.68. The molecule has 0 radical (unpaired) electrons. The molecule has 0 spiro atoms. The number of aromatic nitrogens is 2. The van der Waals surface area contributed by atoms with Gasteiger partial charge in [0.05, 0.1) is 11.9 Å². The standard InChI is InChI=1S/C17H23N3/c1-4-18-15-6-5-7-16-14(15)11-19-20(16)17-10-12(2)8-9-13(17)3/h8-11,15,18H,4-7H2,1-3H3. The Morgan fingerprint density at radius 2 is 2.20 bits per heavy atom. The second kappa shape index (κ2) is 5.41. The molecule has 0 saturated heterocycles. The summed E-state index contributed by atoms with van der Waals surface area (Å²) in [5.74, 6) is 0. The van der Waals surface area contributed by atoms with Crippen molar-refractivity contribution in [3.05, 3.63) is 46.8 Å². The number of rotatable bonds is 3. The normalized spacial score (nSPS) is 18.1. The molecule has 0 aliphatic heterocycles. The Balaban J connectivity index is 2.06. The van der Waals surface area contributed by atoms with Crippen LogP contribution in [0.2, 0.25) is 0 Å². The molecular formula is C17H23N3. The second-order valence-corrected chi connectivity index (χ2v) is 5.75. The molecule has 3 rings (SSSR count). The Hall–Kier alpha value is -1.61. The predicted octanol–water partition coefficient (Wildman–Crippen LogP) is 3.48. The van der Waals surface area contributed by atoms with Crippen molar-refractivity contribution in [3.63, 3.8) is 0 Å². The van der Waals surface area contributed by atoms with Crippen LogP contribution in [-0.4, -0.2) is 16.3 Å². The molecule has 3 nitrogen and oxygen atoms in total. The minimum Gasteiger partial charge on any atom is -0.310 e. The van der Waals surface area contributed by atoms with E-state index in [0.717, 1.165) is 13.0 Å². The van der Waals surface area contributed by atoms with Crippen molar-refractivity contribution in [2.75, 3.05) is 6.54 Å². The zero-order chi connectivity index (χ0) is 14.1. The van der Waals surface area contributed by atoms with Crippen LogP contribution >= 0.6 is 0 Å². The number of benzene rings is 1. The molecule has 1 aliphatic carbocycles. The third-order valence-electron chi connectivity index (χ3n) is 4.23. The van der Waals surface area contributed by atoms with Gasteiger partial charge in [-0.25, -0.2) is 4.68 Å². The molecule has 1 aliphatic rings. The van der Waals surface area contributed by atoms with Crippen molar-refractivity contribution in [1.82, 2.24) is 15.1 Å². The minimum atomic E-state index is 0.475. The summed E-state index contributed by atoms with van der Waals surface area (Å²) in [5, 5.41) is 8.26. The third kappa shape index (κ3) is 2.27. The molecule has 1 atom stereocenters. The molecule has 1 N–H and O–H groups in total. The fraction of sp³-hybridized carbons (Fsp3) is 0.471. The van der Waals surface area contributed by atoms with E-state index in [-0.39, 0.29) is 0 Å². The van der Waals surface area contributed by atoms with Gasteiger partial charge < -0.3 is 5.32 Å². The fourth-order valence-electron chi connectivity index (χ4n) is 3.17. The van der Waals surface area contributed by atoms with Crippen LogP contribution in [-0.2, 0) is 6.42 Å². The number of hydrogen-bond acceptors (Lipinski definition) is 2. The number of nitrogens with one attached hydrogen (secondary N) is 1. The number of aryl methyl sites for hydroxylation is 2. The van der Waals surface area contributed by atoms with Gasteiger partial charge in [0.2, 0.25) is 0 Å². The lowest BCUT2D eigenvalue weighted by atomic mass is 9.93. The van der Waals surface area contributed by atoms with Gasteiger partial charge in [0.15, 0.2) is 0 Å². The maximum Gasteiger partial charge on any atom is 0.0680 e. The molecule has 1 unspecified atom stereocenters. The van der Waals surface area contributed by atoms with Gasteiger partial charge >= 0.3 is 0 Å². The molecule has 106 valence electrons. The summed E-state index contributed by atoms with van der Waals surface area (Å²) in [4.78, 5) is 0.